The molecular weight excluding hydrogens is 372 g/mol. The lowest BCUT2D eigenvalue weighted by Crippen LogP contribution is -2.38. The first-order valence-corrected chi connectivity index (χ1v) is 11.4. The summed E-state index contributed by atoms with van der Waals surface area (Å²) >= 11 is 0. The summed E-state index contributed by atoms with van der Waals surface area (Å²) in [5.74, 6) is 0.433. The number of hydrogen-bond donors (Lipinski definition) is 2. The molecule has 1 aliphatic carbocycles. The average Bonchev–Trinajstić information content (AvgIpc) is 2.81. The smallest absolute Gasteiger partial charge is 0.223 e. The van der Waals surface area contributed by atoms with Crippen molar-refractivity contribution in [1.82, 2.24) is 10.6 Å². The van der Waals surface area contributed by atoms with Crippen LogP contribution in [0.15, 0.2) is 60.7 Å². The van der Waals surface area contributed by atoms with Crippen molar-refractivity contribution in [2.24, 2.45) is 11.8 Å². The molecule has 3 rings (SSSR count). The van der Waals surface area contributed by atoms with E-state index < -0.39 is 0 Å². The van der Waals surface area contributed by atoms with Crippen LogP contribution < -0.4 is 10.6 Å². The van der Waals surface area contributed by atoms with E-state index in [9.17, 15) is 9.59 Å². The van der Waals surface area contributed by atoms with E-state index in [1.165, 1.54) is 11.1 Å². The van der Waals surface area contributed by atoms with Crippen molar-refractivity contribution in [1.29, 1.82) is 0 Å². The van der Waals surface area contributed by atoms with Crippen LogP contribution in [0.2, 0.25) is 0 Å². The third-order valence-corrected chi connectivity index (χ3v) is 6.04. The van der Waals surface area contributed by atoms with Crippen LogP contribution in [0.4, 0.5) is 0 Å². The summed E-state index contributed by atoms with van der Waals surface area (Å²) in [4.78, 5) is 24.8. The van der Waals surface area contributed by atoms with Crippen LogP contribution >= 0.6 is 0 Å². The molecule has 0 unspecified atom stereocenters. The normalized spacial score (nSPS) is 18.5. The highest BCUT2D eigenvalue weighted by Gasteiger charge is 2.29. The molecule has 0 spiro atoms. The second-order valence-corrected chi connectivity index (χ2v) is 8.31. The number of carbonyl (C=O) groups excluding carboxylic acids is 2. The summed E-state index contributed by atoms with van der Waals surface area (Å²) < 4.78 is 0. The predicted octanol–water partition coefficient (Wildman–Crippen LogP) is 4.29. The Bertz CT molecular complexity index is 701. The van der Waals surface area contributed by atoms with E-state index in [1.54, 1.807) is 0 Å². The Morgan fingerprint density at radius 2 is 1.00 bits per heavy atom. The third kappa shape index (κ3) is 7.33. The zero-order valence-electron chi connectivity index (χ0n) is 17.8. The Morgan fingerprint density at radius 3 is 1.37 bits per heavy atom. The number of benzene rings is 2. The van der Waals surface area contributed by atoms with Gasteiger partial charge >= 0.3 is 0 Å². The highest BCUT2D eigenvalue weighted by atomic mass is 16.2. The maximum Gasteiger partial charge on any atom is 0.223 e. The molecule has 1 fully saturated rings. The van der Waals surface area contributed by atoms with E-state index in [0.29, 0.717) is 0 Å². The summed E-state index contributed by atoms with van der Waals surface area (Å²) in [6.45, 7) is 1.44. The van der Waals surface area contributed by atoms with Crippen LogP contribution in [0.25, 0.3) is 0 Å². The lowest BCUT2D eigenvalue weighted by molar-refractivity contribution is -0.130. The molecule has 2 aromatic carbocycles. The maximum atomic E-state index is 12.4. The van der Waals surface area contributed by atoms with Gasteiger partial charge in [-0.05, 0) is 62.5 Å². The van der Waals surface area contributed by atoms with E-state index in [2.05, 4.69) is 34.9 Å². The van der Waals surface area contributed by atoms with Gasteiger partial charge in [-0.3, -0.25) is 9.59 Å². The van der Waals surface area contributed by atoms with Crippen LogP contribution in [0.5, 0.6) is 0 Å². The van der Waals surface area contributed by atoms with E-state index in [0.717, 1.165) is 64.5 Å². The van der Waals surface area contributed by atoms with Gasteiger partial charge in [0.25, 0.3) is 0 Å². The molecule has 160 valence electrons. The highest BCUT2D eigenvalue weighted by molar-refractivity contribution is 5.81. The highest BCUT2D eigenvalue weighted by Crippen LogP contribution is 2.29. The van der Waals surface area contributed by atoms with E-state index in [-0.39, 0.29) is 23.7 Å². The zero-order valence-corrected chi connectivity index (χ0v) is 17.8. The predicted molar refractivity (Wildman–Crippen MR) is 121 cm³/mol. The van der Waals surface area contributed by atoms with Gasteiger partial charge in [-0.1, -0.05) is 60.7 Å². The molecule has 0 radical (unpaired) electrons. The monoisotopic (exact) mass is 406 g/mol. The number of nitrogens with one attached hydrogen (secondary N) is 2. The van der Waals surface area contributed by atoms with E-state index >= 15 is 0 Å². The van der Waals surface area contributed by atoms with Crippen molar-refractivity contribution in [3.63, 3.8) is 0 Å². The van der Waals surface area contributed by atoms with Gasteiger partial charge in [-0.2, -0.15) is 0 Å². The Hall–Kier alpha value is -2.62. The van der Waals surface area contributed by atoms with Gasteiger partial charge in [-0.15, -0.1) is 0 Å². The van der Waals surface area contributed by atoms with E-state index in [4.69, 9.17) is 0 Å². The SMILES string of the molecule is O=C(NCCCc1ccccc1)C1CCC(C(=O)NCCCc2ccccc2)CC1. The number of carbonyl (C=O) groups is 2. The van der Waals surface area contributed by atoms with Crippen LogP contribution in [0.1, 0.15) is 49.7 Å². The van der Waals surface area contributed by atoms with Crippen LogP contribution in [-0.4, -0.2) is 24.9 Å². The van der Waals surface area contributed by atoms with Gasteiger partial charge in [0, 0.05) is 24.9 Å². The first-order valence-electron chi connectivity index (χ1n) is 11.4. The number of hydrogen-bond acceptors (Lipinski definition) is 2. The Balaban J connectivity index is 1.26. The summed E-state index contributed by atoms with van der Waals surface area (Å²) in [7, 11) is 0. The quantitative estimate of drug-likeness (QED) is 0.578. The average molecular weight is 407 g/mol. The minimum absolute atomic E-state index is 0.0591. The van der Waals surface area contributed by atoms with Crippen molar-refractivity contribution >= 4 is 11.8 Å². The van der Waals surface area contributed by atoms with Crippen molar-refractivity contribution < 1.29 is 9.59 Å². The second kappa shape index (κ2) is 12.2. The number of aryl methyl sites for hydroxylation is 2. The largest absolute Gasteiger partial charge is 0.356 e. The van der Waals surface area contributed by atoms with Gasteiger partial charge in [0.2, 0.25) is 11.8 Å². The minimum Gasteiger partial charge on any atom is -0.356 e. The molecule has 2 amide bonds. The molecule has 2 aromatic rings. The lowest BCUT2D eigenvalue weighted by Gasteiger charge is -2.27. The molecule has 0 aliphatic heterocycles. The summed E-state index contributed by atoms with van der Waals surface area (Å²) in [5, 5.41) is 6.17. The fourth-order valence-corrected chi connectivity index (χ4v) is 4.20. The molecule has 4 heteroatoms. The van der Waals surface area contributed by atoms with Crippen LogP contribution in [-0.2, 0) is 22.4 Å². The third-order valence-electron chi connectivity index (χ3n) is 6.04. The fourth-order valence-electron chi connectivity index (χ4n) is 4.20. The topological polar surface area (TPSA) is 58.2 Å². The van der Waals surface area contributed by atoms with Crippen LogP contribution in [0, 0.1) is 11.8 Å². The molecule has 0 heterocycles. The first-order chi connectivity index (χ1) is 14.7. The number of amides is 2. The molecule has 1 saturated carbocycles. The van der Waals surface area contributed by atoms with Gasteiger partial charge < -0.3 is 10.6 Å². The summed E-state index contributed by atoms with van der Waals surface area (Å²) in [5.41, 5.74) is 2.61. The molecule has 0 aromatic heterocycles. The molecule has 0 atom stereocenters. The minimum atomic E-state index is 0.0591. The van der Waals surface area contributed by atoms with Crippen molar-refractivity contribution in [2.75, 3.05) is 13.1 Å². The molecular formula is C26H34N2O2. The molecule has 30 heavy (non-hydrogen) atoms. The second-order valence-electron chi connectivity index (χ2n) is 8.31. The Labute approximate surface area is 180 Å². The molecule has 0 saturated heterocycles. The molecule has 2 N–H and O–H groups in total. The standard InChI is InChI=1S/C26H34N2O2/c29-25(27-19-7-13-21-9-3-1-4-10-21)23-15-17-24(18-16-23)26(30)28-20-8-14-22-11-5-2-6-12-22/h1-6,9-12,23-24H,7-8,13-20H2,(H,27,29)(H,28,30). The summed E-state index contributed by atoms with van der Waals surface area (Å²) in [6, 6.07) is 20.7. The fraction of sp³-hybridized carbons (Fsp3) is 0.462. The van der Waals surface area contributed by atoms with Crippen LogP contribution in [0.3, 0.4) is 0 Å². The van der Waals surface area contributed by atoms with Gasteiger partial charge in [0.05, 0.1) is 0 Å². The number of rotatable bonds is 10. The van der Waals surface area contributed by atoms with Gasteiger partial charge in [0.1, 0.15) is 0 Å². The molecule has 1 aliphatic rings. The van der Waals surface area contributed by atoms with Crippen molar-refractivity contribution in [3.05, 3.63) is 71.8 Å². The summed E-state index contributed by atoms with van der Waals surface area (Å²) in [6.07, 6.45) is 7.13. The zero-order chi connectivity index (χ0) is 21.0. The Morgan fingerprint density at radius 1 is 0.633 bits per heavy atom. The first kappa shape index (κ1) is 22.1. The van der Waals surface area contributed by atoms with E-state index in [1.807, 2.05) is 36.4 Å². The molecule has 0 bridgehead atoms. The Kier molecular flexibility index (Phi) is 8.95. The van der Waals surface area contributed by atoms with Crippen molar-refractivity contribution in [2.45, 2.75) is 51.4 Å². The van der Waals surface area contributed by atoms with Gasteiger partial charge in [-0.25, -0.2) is 0 Å². The molecule has 4 nitrogen and oxygen atoms in total. The maximum absolute atomic E-state index is 12.4. The van der Waals surface area contributed by atoms with Gasteiger partial charge in [0.15, 0.2) is 0 Å². The lowest BCUT2D eigenvalue weighted by atomic mass is 9.81. The van der Waals surface area contributed by atoms with Crippen molar-refractivity contribution in [3.8, 4) is 0 Å².